The summed E-state index contributed by atoms with van der Waals surface area (Å²) >= 11 is 0. The van der Waals surface area contributed by atoms with E-state index in [1.54, 1.807) is 19.3 Å². The minimum Gasteiger partial charge on any atom is -0.459 e. The van der Waals surface area contributed by atoms with Gasteiger partial charge in [-0.2, -0.15) is 4.98 Å². The molecule has 0 saturated carbocycles. The Morgan fingerprint density at radius 1 is 1.53 bits per heavy atom. The molecule has 0 aliphatic rings. The minimum absolute atomic E-state index is 0.120. The Balaban J connectivity index is 2.06. The number of nitrogens with zero attached hydrogens (tertiary/aromatic N) is 3. The van der Waals surface area contributed by atoms with Crippen LogP contribution in [0.5, 0.6) is 0 Å². The van der Waals surface area contributed by atoms with Gasteiger partial charge in [-0.1, -0.05) is 11.2 Å². The number of pyridine rings is 1. The molecule has 0 spiro atoms. The van der Waals surface area contributed by atoms with E-state index in [0.717, 1.165) is 5.56 Å². The van der Waals surface area contributed by atoms with Crippen LogP contribution in [0.3, 0.4) is 0 Å². The van der Waals surface area contributed by atoms with E-state index in [1.807, 2.05) is 12.1 Å². The third-order valence-electron chi connectivity index (χ3n) is 2.00. The Morgan fingerprint density at radius 3 is 3.12 bits per heavy atom. The van der Waals surface area contributed by atoms with Gasteiger partial charge in [0.1, 0.15) is 0 Å². The molecule has 0 unspecified atom stereocenters. The van der Waals surface area contributed by atoms with Crippen molar-refractivity contribution in [1.82, 2.24) is 15.1 Å². The van der Waals surface area contributed by atoms with Crippen LogP contribution in [0.25, 0.3) is 0 Å². The molecule has 0 fully saturated rings. The number of aromatic nitrogens is 3. The fraction of sp³-hybridized carbons (Fsp3) is 0.273. The maximum atomic E-state index is 11.3. The first kappa shape index (κ1) is 11.3. The zero-order valence-electron chi connectivity index (χ0n) is 9.29. The molecule has 2 aromatic rings. The topological polar surface area (TPSA) is 78.1 Å². The summed E-state index contributed by atoms with van der Waals surface area (Å²) in [5.41, 5.74) is 0.948. The molecular weight excluding hydrogens is 222 g/mol. The zero-order chi connectivity index (χ0) is 12.1. The third-order valence-corrected chi connectivity index (χ3v) is 2.00. The van der Waals surface area contributed by atoms with Crippen LogP contribution < -0.4 is 0 Å². The maximum Gasteiger partial charge on any atom is 0.397 e. The van der Waals surface area contributed by atoms with Crippen molar-refractivity contribution in [3.63, 3.8) is 0 Å². The second-order valence-electron chi connectivity index (χ2n) is 3.27. The van der Waals surface area contributed by atoms with Gasteiger partial charge in [0.15, 0.2) is 5.82 Å². The first-order valence-corrected chi connectivity index (χ1v) is 5.18. The van der Waals surface area contributed by atoms with Crippen molar-refractivity contribution >= 4 is 5.97 Å². The molecule has 0 aliphatic heterocycles. The molecule has 2 heterocycles. The zero-order valence-corrected chi connectivity index (χ0v) is 9.29. The summed E-state index contributed by atoms with van der Waals surface area (Å²) in [7, 11) is 0. The molecule has 0 bridgehead atoms. The Morgan fingerprint density at radius 2 is 2.41 bits per heavy atom. The molecule has 0 amide bonds. The van der Waals surface area contributed by atoms with Gasteiger partial charge in [0.2, 0.25) is 0 Å². The van der Waals surface area contributed by atoms with Crippen LogP contribution in [-0.2, 0) is 11.2 Å². The molecule has 0 radical (unpaired) electrons. The van der Waals surface area contributed by atoms with Crippen molar-refractivity contribution < 1.29 is 14.1 Å². The van der Waals surface area contributed by atoms with Crippen molar-refractivity contribution in [3.05, 3.63) is 41.8 Å². The van der Waals surface area contributed by atoms with Crippen LogP contribution in [0.2, 0.25) is 0 Å². The largest absolute Gasteiger partial charge is 0.459 e. The lowest BCUT2D eigenvalue weighted by molar-refractivity contribution is 0.0470. The summed E-state index contributed by atoms with van der Waals surface area (Å²) in [6.45, 7) is 1.99. The second-order valence-corrected chi connectivity index (χ2v) is 3.27. The fourth-order valence-electron chi connectivity index (χ4n) is 1.29. The van der Waals surface area contributed by atoms with Gasteiger partial charge in [0.05, 0.1) is 6.61 Å². The van der Waals surface area contributed by atoms with Crippen LogP contribution >= 0.6 is 0 Å². The number of carbonyl (C=O) groups excluding carboxylic acids is 1. The summed E-state index contributed by atoms with van der Waals surface area (Å²) in [5.74, 6) is -0.288. The van der Waals surface area contributed by atoms with Gasteiger partial charge in [0, 0.05) is 18.8 Å². The molecule has 88 valence electrons. The summed E-state index contributed by atoms with van der Waals surface area (Å²) < 4.78 is 9.54. The first-order chi connectivity index (χ1) is 8.29. The van der Waals surface area contributed by atoms with Gasteiger partial charge in [-0.3, -0.25) is 4.98 Å². The van der Waals surface area contributed by atoms with Crippen molar-refractivity contribution in [1.29, 1.82) is 0 Å². The van der Waals surface area contributed by atoms with E-state index < -0.39 is 5.97 Å². The van der Waals surface area contributed by atoms with Crippen molar-refractivity contribution in [3.8, 4) is 0 Å². The number of ether oxygens (including phenoxy) is 1. The lowest BCUT2D eigenvalue weighted by Crippen LogP contribution is -2.05. The predicted molar refractivity (Wildman–Crippen MR) is 57.3 cm³/mol. The minimum atomic E-state index is -0.600. The highest BCUT2D eigenvalue weighted by Crippen LogP contribution is 2.06. The number of hydrogen-bond acceptors (Lipinski definition) is 6. The van der Waals surface area contributed by atoms with E-state index in [1.165, 1.54) is 0 Å². The van der Waals surface area contributed by atoms with E-state index in [4.69, 9.17) is 9.26 Å². The highest BCUT2D eigenvalue weighted by atomic mass is 16.6. The molecule has 0 saturated heterocycles. The Kier molecular flexibility index (Phi) is 3.44. The number of esters is 1. The average Bonchev–Trinajstić information content (AvgIpc) is 2.79. The highest BCUT2D eigenvalue weighted by molar-refractivity contribution is 5.83. The Bertz CT molecular complexity index is 496. The normalized spacial score (nSPS) is 10.2. The molecule has 6 nitrogen and oxygen atoms in total. The van der Waals surface area contributed by atoms with Crippen LogP contribution in [0.15, 0.2) is 29.0 Å². The van der Waals surface area contributed by atoms with Crippen LogP contribution in [-0.4, -0.2) is 27.7 Å². The lowest BCUT2D eigenvalue weighted by Gasteiger charge is -1.94. The van der Waals surface area contributed by atoms with E-state index in [2.05, 4.69) is 15.1 Å². The van der Waals surface area contributed by atoms with Gasteiger partial charge >= 0.3 is 11.9 Å². The van der Waals surface area contributed by atoms with Crippen LogP contribution in [0, 0.1) is 0 Å². The van der Waals surface area contributed by atoms with E-state index >= 15 is 0 Å². The molecule has 0 N–H and O–H groups in total. The standard InChI is InChI=1S/C11H11N3O3/c1-2-16-11(15)10-13-9(14-17-10)6-8-4-3-5-12-7-8/h3-5,7H,2,6H2,1H3. The maximum absolute atomic E-state index is 11.3. The van der Waals surface area contributed by atoms with E-state index in [0.29, 0.717) is 12.2 Å². The van der Waals surface area contributed by atoms with Gasteiger partial charge in [0.25, 0.3) is 0 Å². The van der Waals surface area contributed by atoms with Gasteiger partial charge < -0.3 is 9.26 Å². The summed E-state index contributed by atoms with van der Waals surface area (Å²) in [5, 5.41) is 3.70. The molecule has 2 aromatic heterocycles. The first-order valence-electron chi connectivity index (χ1n) is 5.18. The van der Waals surface area contributed by atoms with Gasteiger partial charge in [-0.25, -0.2) is 4.79 Å². The molecule has 6 heteroatoms. The molecule has 0 atom stereocenters. The van der Waals surface area contributed by atoms with Crippen LogP contribution in [0.1, 0.15) is 29.0 Å². The Labute approximate surface area is 97.6 Å². The molecule has 0 aromatic carbocycles. The molecule has 2 rings (SSSR count). The third kappa shape index (κ3) is 2.87. The predicted octanol–water partition coefficient (Wildman–Crippen LogP) is 1.23. The number of hydrogen-bond donors (Lipinski definition) is 0. The molecule has 17 heavy (non-hydrogen) atoms. The highest BCUT2D eigenvalue weighted by Gasteiger charge is 2.16. The molecular formula is C11H11N3O3. The van der Waals surface area contributed by atoms with Gasteiger partial charge in [-0.15, -0.1) is 0 Å². The average molecular weight is 233 g/mol. The van der Waals surface area contributed by atoms with E-state index in [9.17, 15) is 4.79 Å². The summed E-state index contributed by atoms with van der Waals surface area (Å²) in [6, 6.07) is 3.72. The smallest absolute Gasteiger partial charge is 0.397 e. The van der Waals surface area contributed by atoms with Gasteiger partial charge in [-0.05, 0) is 18.6 Å². The quantitative estimate of drug-likeness (QED) is 0.739. The fourth-order valence-corrected chi connectivity index (χ4v) is 1.29. The Hall–Kier alpha value is -2.24. The molecule has 0 aliphatic carbocycles. The van der Waals surface area contributed by atoms with E-state index in [-0.39, 0.29) is 12.5 Å². The SMILES string of the molecule is CCOC(=O)c1nc(Cc2cccnc2)no1. The lowest BCUT2D eigenvalue weighted by atomic mass is 10.2. The number of carbonyl (C=O) groups is 1. The van der Waals surface area contributed by atoms with Crippen molar-refractivity contribution in [2.75, 3.05) is 6.61 Å². The summed E-state index contributed by atoms with van der Waals surface area (Å²) in [6.07, 6.45) is 3.86. The van der Waals surface area contributed by atoms with Crippen molar-refractivity contribution in [2.24, 2.45) is 0 Å². The summed E-state index contributed by atoms with van der Waals surface area (Å²) in [4.78, 5) is 19.2. The number of rotatable bonds is 4. The van der Waals surface area contributed by atoms with Crippen LogP contribution in [0.4, 0.5) is 0 Å². The second kappa shape index (κ2) is 5.20. The van der Waals surface area contributed by atoms with Crippen molar-refractivity contribution in [2.45, 2.75) is 13.3 Å². The monoisotopic (exact) mass is 233 g/mol.